The highest BCUT2D eigenvalue weighted by molar-refractivity contribution is 6.30. The average Bonchev–Trinajstić information content (AvgIpc) is 2.45. The first-order valence-electron chi connectivity index (χ1n) is 6.38. The molecule has 0 fully saturated rings. The Morgan fingerprint density at radius 3 is 2.32 bits per heavy atom. The first-order chi connectivity index (χ1) is 10.5. The van der Waals surface area contributed by atoms with Crippen molar-refractivity contribution in [2.75, 3.05) is 0 Å². The van der Waals surface area contributed by atoms with Crippen LogP contribution in [0.2, 0.25) is 5.02 Å². The molecule has 0 atom stereocenters. The Balaban J connectivity index is 2.36. The van der Waals surface area contributed by atoms with Crippen LogP contribution < -0.4 is 0 Å². The highest BCUT2D eigenvalue weighted by Crippen LogP contribution is 2.34. The van der Waals surface area contributed by atoms with Crippen LogP contribution in [-0.4, -0.2) is 11.1 Å². The van der Waals surface area contributed by atoms with Gasteiger partial charge in [0.2, 0.25) is 0 Å². The van der Waals surface area contributed by atoms with Crippen molar-refractivity contribution >= 4 is 28.3 Å². The standard InChI is InChI=1S/C17H9ClF2O2/c18-11-7-14(19)16(15(20)8-11)12-3-1-2-9-4-5-10(17(21)22)6-13(9)12/h1-8H,(H,21,22). The van der Waals surface area contributed by atoms with Gasteiger partial charge in [0.05, 0.1) is 11.1 Å². The van der Waals surface area contributed by atoms with Crippen molar-refractivity contribution in [3.8, 4) is 11.1 Å². The third-order valence-electron chi connectivity index (χ3n) is 3.41. The van der Waals surface area contributed by atoms with Gasteiger partial charge >= 0.3 is 5.97 Å². The smallest absolute Gasteiger partial charge is 0.335 e. The molecule has 0 aliphatic heterocycles. The van der Waals surface area contributed by atoms with E-state index in [9.17, 15) is 13.6 Å². The summed E-state index contributed by atoms with van der Waals surface area (Å²) in [7, 11) is 0. The van der Waals surface area contributed by atoms with Crippen LogP contribution in [0.25, 0.3) is 21.9 Å². The Kier molecular flexibility index (Phi) is 3.54. The molecule has 1 N–H and O–H groups in total. The summed E-state index contributed by atoms with van der Waals surface area (Å²) in [6.45, 7) is 0. The molecule has 110 valence electrons. The molecular formula is C17H9ClF2O2. The second-order valence-electron chi connectivity index (χ2n) is 4.79. The topological polar surface area (TPSA) is 37.3 Å². The molecule has 2 nitrogen and oxygen atoms in total. The number of carboxylic acids is 1. The second-order valence-corrected chi connectivity index (χ2v) is 5.23. The average molecular weight is 319 g/mol. The maximum absolute atomic E-state index is 14.1. The molecule has 0 saturated carbocycles. The zero-order valence-electron chi connectivity index (χ0n) is 11.1. The Labute approximate surface area is 129 Å². The summed E-state index contributed by atoms with van der Waals surface area (Å²) in [6.07, 6.45) is 0. The van der Waals surface area contributed by atoms with Gasteiger partial charge in [-0.05, 0) is 40.6 Å². The van der Waals surface area contributed by atoms with Crippen LogP contribution in [0.5, 0.6) is 0 Å². The van der Waals surface area contributed by atoms with Crippen molar-refractivity contribution in [2.45, 2.75) is 0 Å². The van der Waals surface area contributed by atoms with E-state index in [1.165, 1.54) is 12.1 Å². The van der Waals surface area contributed by atoms with Crippen LogP contribution in [0.15, 0.2) is 48.5 Å². The molecule has 0 bridgehead atoms. The van der Waals surface area contributed by atoms with E-state index >= 15 is 0 Å². The Morgan fingerprint density at radius 1 is 1.00 bits per heavy atom. The van der Waals surface area contributed by atoms with E-state index in [2.05, 4.69) is 0 Å². The van der Waals surface area contributed by atoms with Gasteiger partial charge in [0.25, 0.3) is 0 Å². The molecule has 0 heterocycles. The van der Waals surface area contributed by atoms with Gasteiger partial charge in [0.1, 0.15) is 11.6 Å². The summed E-state index contributed by atoms with van der Waals surface area (Å²) in [5.41, 5.74) is 0.111. The van der Waals surface area contributed by atoms with Gasteiger partial charge in [0, 0.05) is 5.02 Å². The minimum atomic E-state index is -1.10. The monoisotopic (exact) mass is 318 g/mol. The Hall–Kier alpha value is -2.46. The molecule has 0 unspecified atom stereocenters. The lowest BCUT2D eigenvalue weighted by molar-refractivity contribution is 0.0697. The predicted octanol–water partition coefficient (Wildman–Crippen LogP) is 5.14. The molecule has 22 heavy (non-hydrogen) atoms. The number of hydrogen-bond donors (Lipinski definition) is 1. The van der Waals surface area contributed by atoms with Crippen molar-refractivity contribution in [1.29, 1.82) is 0 Å². The number of aromatic carboxylic acids is 1. The highest BCUT2D eigenvalue weighted by atomic mass is 35.5. The van der Waals surface area contributed by atoms with Crippen molar-refractivity contribution < 1.29 is 18.7 Å². The first kappa shape index (κ1) is 14.5. The summed E-state index contributed by atoms with van der Waals surface area (Å²) < 4.78 is 28.3. The van der Waals surface area contributed by atoms with Gasteiger partial charge in [-0.3, -0.25) is 0 Å². The van der Waals surface area contributed by atoms with E-state index in [0.29, 0.717) is 10.8 Å². The van der Waals surface area contributed by atoms with E-state index in [-0.39, 0.29) is 21.7 Å². The number of rotatable bonds is 2. The molecule has 5 heteroatoms. The summed E-state index contributed by atoms with van der Waals surface area (Å²) >= 11 is 5.64. The normalized spacial score (nSPS) is 10.9. The van der Waals surface area contributed by atoms with Crippen LogP contribution in [0.4, 0.5) is 8.78 Å². The zero-order valence-corrected chi connectivity index (χ0v) is 11.9. The van der Waals surface area contributed by atoms with Crippen LogP contribution in [0.1, 0.15) is 10.4 Å². The minimum Gasteiger partial charge on any atom is -0.478 e. The van der Waals surface area contributed by atoms with Crippen LogP contribution in [-0.2, 0) is 0 Å². The SMILES string of the molecule is O=C(O)c1ccc2cccc(-c3c(F)cc(Cl)cc3F)c2c1. The van der Waals surface area contributed by atoms with E-state index in [1.807, 2.05) is 0 Å². The van der Waals surface area contributed by atoms with E-state index in [0.717, 1.165) is 12.1 Å². The van der Waals surface area contributed by atoms with Gasteiger partial charge in [-0.15, -0.1) is 0 Å². The summed E-state index contributed by atoms with van der Waals surface area (Å²) in [5.74, 6) is -2.69. The van der Waals surface area contributed by atoms with Gasteiger partial charge in [-0.25, -0.2) is 13.6 Å². The fourth-order valence-corrected chi connectivity index (χ4v) is 2.61. The van der Waals surface area contributed by atoms with Crippen molar-refractivity contribution in [3.05, 3.63) is 70.8 Å². The molecule has 0 radical (unpaired) electrons. The number of carbonyl (C=O) groups is 1. The molecule has 0 aliphatic carbocycles. The Morgan fingerprint density at radius 2 is 1.68 bits per heavy atom. The van der Waals surface area contributed by atoms with E-state index < -0.39 is 17.6 Å². The maximum atomic E-state index is 14.1. The summed E-state index contributed by atoms with van der Waals surface area (Å²) in [4.78, 5) is 11.1. The predicted molar refractivity (Wildman–Crippen MR) is 81.3 cm³/mol. The Bertz CT molecular complexity index is 883. The second kappa shape index (κ2) is 5.39. The van der Waals surface area contributed by atoms with Crippen LogP contribution in [0.3, 0.4) is 0 Å². The lowest BCUT2D eigenvalue weighted by atomic mass is 9.96. The molecule has 3 aromatic rings. The number of benzene rings is 3. The lowest BCUT2D eigenvalue weighted by Gasteiger charge is -2.10. The molecule has 3 aromatic carbocycles. The fourth-order valence-electron chi connectivity index (χ4n) is 2.42. The minimum absolute atomic E-state index is 0.0368. The van der Waals surface area contributed by atoms with Gasteiger partial charge in [-0.1, -0.05) is 35.9 Å². The van der Waals surface area contributed by atoms with Gasteiger partial charge in [0.15, 0.2) is 0 Å². The van der Waals surface area contributed by atoms with Gasteiger partial charge < -0.3 is 5.11 Å². The number of carboxylic acid groups (broad SMARTS) is 1. The number of halogens is 3. The van der Waals surface area contributed by atoms with Gasteiger partial charge in [-0.2, -0.15) is 0 Å². The zero-order chi connectivity index (χ0) is 15.9. The number of hydrogen-bond acceptors (Lipinski definition) is 1. The third-order valence-corrected chi connectivity index (χ3v) is 3.62. The molecule has 0 aromatic heterocycles. The largest absolute Gasteiger partial charge is 0.478 e. The van der Waals surface area contributed by atoms with Crippen molar-refractivity contribution in [2.24, 2.45) is 0 Å². The molecule has 0 amide bonds. The molecule has 3 rings (SSSR count). The first-order valence-corrected chi connectivity index (χ1v) is 6.76. The van der Waals surface area contributed by atoms with Crippen LogP contribution in [0, 0.1) is 11.6 Å². The number of fused-ring (bicyclic) bond motifs is 1. The molecule has 0 saturated heterocycles. The van der Waals surface area contributed by atoms with Crippen molar-refractivity contribution in [3.63, 3.8) is 0 Å². The molecule has 0 spiro atoms. The van der Waals surface area contributed by atoms with Crippen molar-refractivity contribution in [1.82, 2.24) is 0 Å². The summed E-state index contributed by atoms with van der Waals surface area (Å²) in [6, 6.07) is 11.5. The molecular weight excluding hydrogens is 310 g/mol. The summed E-state index contributed by atoms with van der Waals surface area (Å²) in [5, 5.41) is 10.2. The van der Waals surface area contributed by atoms with E-state index in [1.54, 1.807) is 24.3 Å². The molecule has 0 aliphatic rings. The fraction of sp³-hybridized carbons (Fsp3) is 0. The quantitative estimate of drug-likeness (QED) is 0.710. The van der Waals surface area contributed by atoms with E-state index in [4.69, 9.17) is 16.7 Å². The highest BCUT2D eigenvalue weighted by Gasteiger charge is 2.16. The maximum Gasteiger partial charge on any atom is 0.335 e. The lowest BCUT2D eigenvalue weighted by Crippen LogP contribution is -1.97. The van der Waals surface area contributed by atoms with Crippen LogP contribution >= 0.6 is 11.6 Å². The third kappa shape index (κ3) is 2.42.